The Labute approximate surface area is 150 Å². The molecule has 2 aromatic rings. The Morgan fingerprint density at radius 2 is 2.00 bits per heavy atom. The highest BCUT2D eigenvalue weighted by molar-refractivity contribution is 6.42. The third kappa shape index (κ3) is 3.21. The molecule has 1 atom stereocenters. The number of hydrogen-bond donors (Lipinski definition) is 2. The Morgan fingerprint density at radius 1 is 1.25 bits per heavy atom. The Bertz CT molecular complexity index is 797. The van der Waals surface area contributed by atoms with Gasteiger partial charge in [0.2, 0.25) is 0 Å². The Hall–Kier alpha value is -1.79. The Balaban J connectivity index is 1.82. The molecule has 3 N–H and O–H groups in total. The van der Waals surface area contributed by atoms with Crippen LogP contribution in [-0.2, 0) is 17.8 Å². The number of nitrogens with two attached hydrogens (primary N) is 1. The molecule has 2 aromatic carbocycles. The van der Waals surface area contributed by atoms with Gasteiger partial charge in [-0.05, 0) is 41.8 Å². The zero-order valence-electron chi connectivity index (χ0n) is 13.0. The van der Waals surface area contributed by atoms with E-state index in [1.165, 1.54) is 0 Å². The summed E-state index contributed by atoms with van der Waals surface area (Å²) in [6.45, 7) is 0.639. The van der Waals surface area contributed by atoms with E-state index in [9.17, 15) is 10.0 Å². The molecule has 0 saturated carbocycles. The van der Waals surface area contributed by atoms with Crippen LogP contribution in [0.2, 0.25) is 10.0 Å². The molecule has 1 amide bonds. The second-order valence-electron chi connectivity index (χ2n) is 5.88. The van der Waals surface area contributed by atoms with Gasteiger partial charge in [0.05, 0.1) is 21.8 Å². The number of fused-ring (bicyclic) bond motifs is 1. The van der Waals surface area contributed by atoms with Crippen LogP contribution in [0.25, 0.3) is 0 Å². The highest BCUT2D eigenvalue weighted by Gasteiger charge is 2.29. The van der Waals surface area contributed by atoms with Crippen molar-refractivity contribution in [2.24, 2.45) is 5.73 Å². The number of benzene rings is 2. The maximum atomic E-state index is 11.7. The largest absolute Gasteiger partial charge is 0.370 e. The van der Waals surface area contributed by atoms with E-state index in [-0.39, 0.29) is 0 Å². The fourth-order valence-electron chi connectivity index (χ4n) is 2.79. The van der Waals surface area contributed by atoms with Crippen molar-refractivity contribution in [1.82, 2.24) is 0 Å². The lowest BCUT2D eigenvalue weighted by Crippen LogP contribution is -2.47. The third-order valence-electron chi connectivity index (χ3n) is 4.10. The van der Waals surface area contributed by atoms with Crippen LogP contribution in [-0.4, -0.2) is 24.2 Å². The van der Waals surface area contributed by atoms with Crippen LogP contribution in [0.15, 0.2) is 36.4 Å². The van der Waals surface area contributed by atoms with Gasteiger partial charge < -0.3 is 10.6 Å². The summed E-state index contributed by atoms with van der Waals surface area (Å²) in [7, 11) is 1.95. The minimum Gasteiger partial charge on any atom is -0.370 e. The first-order valence-corrected chi connectivity index (χ1v) is 8.19. The number of carbonyl (C=O) groups excluding carboxylic acids is 1. The minimum absolute atomic E-state index is 0.412. The first-order valence-electron chi connectivity index (χ1n) is 7.43. The third-order valence-corrected chi connectivity index (χ3v) is 4.84. The Kier molecular flexibility index (Phi) is 4.69. The van der Waals surface area contributed by atoms with E-state index >= 15 is 0 Å². The molecule has 0 saturated heterocycles. The maximum absolute atomic E-state index is 11.7. The molecular weight excluding hydrogens is 349 g/mol. The van der Waals surface area contributed by atoms with Gasteiger partial charge in [0.15, 0.2) is 0 Å². The lowest BCUT2D eigenvalue weighted by atomic mass is 9.97. The molecule has 0 aliphatic carbocycles. The van der Waals surface area contributed by atoms with Crippen molar-refractivity contribution in [2.75, 3.05) is 17.0 Å². The number of rotatable bonds is 3. The number of hydrogen-bond acceptors (Lipinski definition) is 4. The van der Waals surface area contributed by atoms with Gasteiger partial charge in [-0.1, -0.05) is 35.3 Å². The van der Waals surface area contributed by atoms with Crippen molar-refractivity contribution < 1.29 is 10.0 Å². The number of nitrogens with zero attached hydrogens (tertiary/aromatic N) is 2. The van der Waals surface area contributed by atoms with Crippen LogP contribution in [0.1, 0.15) is 11.1 Å². The molecule has 0 spiro atoms. The second kappa shape index (κ2) is 6.61. The van der Waals surface area contributed by atoms with Crippen LogP contribution in [0.4, 0.5) is 11.4 Å². The van der Waals surface area contributed by atoms with Gasteiger partial charge in [-0.3, -0.25) is 10.0 Å². The number of amides is 1. The molecule has 0 radical (unpaired) electrons. The van der Waals surface area contributed by atoms with Gasteiger partial charge in [-0.25, -0.2) is 0 Å². The number of halogens is 2. The molecule has 1 aliphatic heterocycles. The van der Waals surface area contributed by atoms with Gasteiger partial charge in [0.1, 0.15) is 0 Å². The molecule has 0 unspecified atom stereocenters. The van der Waals surface area contributed by atoms with Gasteiger partial charge in [0.25, 0.3) is 5.91 Å². The number of anilines is 2. The first kappa shape index (κ1) is 17.0. The molecule has 3 rings (SSSR count). The maximum Gasteiger partial charge on any atom is 0.267 e. The van der Waals surface area contributed by atoms with Crippen molar-refractivity contribution in [2.45, 2.75) is 19.0 Å². The molecule has 7 heteroatoms. The lowest BCUT2D eigenvalue weighted by molar-refractivity contribution is -0.125. The monoisotopic (exact) mass is 365 g/mol. The van der Waals surface area contributed by atoms with E-state index in [0.29, 0.717) is 33.8 Å². The van der Waals surface area contributed by atoms with Crippen LogP contribution < -0.4 is 15.7 Å². The zero-order chi connectivity index (χ0) is 17.4. The molecule has 0 aromatic heterocycles. The summed E-state index contributed by atoms with van der Waals surface area (Å²) in [5.74, 6) is -0.483. The molecule has 24 heavy (non-hydrogen) atoms. The van der Waals surface area contributed by atoms with Crippen molar-refractivity contribution in [3.63, 3.8) is 0 Å². The molecule has 1 heterocycles. The van der Waals surface area contributed by atoms with Crippen molar-refractivity contribution in [3.8, 4) is 0 Å². The molecule has 126 valence electrons. The zero-order valence-corrected chi connectivity index (χ0v) is 14.6. The predicted molar refractivity (Wildman–Crippen MR) is 96.0 cm³/mol. The van der Waals surface area contributed by atoms with Crippen LogP contribution in [0.3, 0.4) is 0 Å². The summed E-state index contributed by atoms with van der Waals surface area (Å²) in [6, 6.07) is 10.3. The van der Waals surface area contributed by atoms with Crippen molar-refractivity contribution in [3.05, 3.63) is 57.6 Å². The number of hydroxylamine groups is 1. The van der Waals surface area contributed by atoms with E-state index in [2.05, 4.69) is 0 Å². The van der Waals surface area contributed by atoms with E-state index in [4.69, 9.17) is 28.9 Å². The fraction of sp³-hybridized carbons (Fsp3) is 0.235. The highest BCUT2D eigenvalue weighted by atomic mass is 35.5. The minimum atomic E-state index is -0.717. The second-order valence-corrected chi connectivity index (χ2v) is 6.69. The molecule has 0 bridgehead atoms. The summed E-state index contributed by atoms with van der Waals surface area (Å²) in [5, 5.41) is 11.5. The lowest BCUT2D eigenvalue weighted by Gasteiger charge is -2.28. The average Bonchev–Trinajstić information content (AvgIpc) is 2.55. The van der Waals surface area contributed by atoms with E-state index < -0.39 is 11.9 Å². The topological polar surface area (TPSA) is 69.8 Å². The summed E-state index contributed by atoms with van der Waals surface area (Å²) < 4.78 is 0. The van der Waals surface area contributed by atoms with Crippen LogP contribution in [0, 0.1) is 0 Å². The predicted octanol–water partition coefficient (Wildman–Crippen LogP) is 3.24. The van der Waals surface area contributed by atoms with Crippen molar-refractivity contribution >= 4 is 40.5 Å². The summed E-state index contributed by atoms with van der Waals surface area (Å²) in [6.07, 6.45) is 0.412. The van der Waals surface area contributed by atoms with E-state index in [1.54, 1.807) is 12.1 Å². The molecule has 0 fully saturated rings. The van der Waals surface area contributed by atoms with E-state index in [0.717, 1.165) is 16.8 Å². The Morgan fingerprint density at radius 3 is 2.71 bits per heavy atom. The smallest absolute Gasteiger partial charge is 0.267 e. The van der Waals surface area contributed by atoms with Crippen molar-refractivity contribution in [1.29, 1.82) is 0 Å². The standard InChI is InChI=1S/C17H17Cl2N3O2/c1-21(12-3-4-13(18)14(19)8-12)9-10-2-5-16-11(6-10)7-15(20)17(23)22(16)24/h2-6,8,15,24H,7,9,20H2,1H3/t15-/m0/s1. The molecular formula is C17H17Cl2N3O2. The molecule has 5 nitrogen and oxygen atoms in total. The van der Waals surface area contributed by atoms with Gasteiger partial charge >= 0.3 is 0 Å². The summed E-state index contributed by atoms with van der Waals surface area (Å²) in [4.78, 5) is 13.8. The highest BCUT2D eigenvalue weighted by Crippen LogP contribution is 2.30. The molecule has 1 aliphatic rings. The average molecular weight is 366 g/mol. The summed E-state index contributed by atoms with van der Waals surface area (Å²) in [5.41, 5.74) is 9.09. The van der Waals surface area contributed by atoms with Gasteiger partial charge in [-0.2, -0.15) is 5.06 Å². The van der Waals surface area contributed by atoms with Crippen LogP contribution >= 0.6 is 23.2 Å². The van der Waals surface area contributed by atoms with Crippen LogP contribution in [0.5, 0.6) is 0 Å². The summed E-state index contributed by atoms with van der Waals surface area (Å²) >= 11 is 12.0. The van der Waals surface area contributed by atoms with Gasteiger partial charge in [-0.15, -0.1) is 0 Å². The van der Waals surface area contributed by atoms with Gasteiger partial charge in [0, 0.05) is 19.3 Å². The quantitative estimate of drug-likeness (QED) is 0.819. The SMILES string of the molecule is CN(Cc1ccc2c(c1)C[C@H](N)C(=O)N2O)c1ccc(Cl)c(Cl)c1. The number of carbonyl (C=O) groups is 1. The first-order chi connectivity index (χ1) is 11.4. The van der Waals surface area contributed by atoms with E-state index in [1.807, 2.05) is 36.2 Å². The fourth-order valence-corrected chi connectivity index (χ4v) is 3.09. The normalized spacial score (nSPS) is 17.0.